The summed E-state index contributed by atoms with van der Waals surface area (Å²) in [6.45, 7) is 14.5. The Balaban J connectivity index is 0. The van der Waals surface area contributed by atoms with Crippen molar-refractivity contribution in [3.63, 3.8) is 0 Å². The molecule has 0 spiro atoms. The van der Waals surface area contributed by atoms with Gasteiger partial charge in [-0.1, -0.05) is 48.5 Å². The summed E-state index contributed by atoms with van der Waals surface area (Å²) in [6, 6.07) is 0. The highest BCUT2D eigenvalue weighted by Gasteiger charge is 2.12. The number of rotatable bonds is 0. The van der Waals surface area contributed by atoms with Crippen LogP contribution in [0.15, 0.2) is 0 Å². The lowest BCUT2D eigenvalue weighted by Crippen LogP contribution is -2.27. The van der Waals surface area contributed by atoms with E-state index in [1.165, 1.54) is 0 Å². The normalized spacial score (nSPS) is 11.6. The summed E-state index contributed by atoms with van der Waals surface area (Å²) in [6.07, 6.45) is 0. The van der Waals surface area contributed by atoms with Gasteiger partial charge in [-0.15, -0.1) is 0 Å². The Hall–Kier alpha value is -0.530. The zero-order valence-electron chi connectivity index (χ0n) is 9.58. The van der Waals surface area contributed by atoms with Gasteiger partial charge in [-0.2, -0.15) is 0 Å². The summed E-state index contributed by atoms with van der Waals surface area (Å²) in [5.41, 5.74) is 5.51. The second-order valence-corrected chi connectivity index (χ2v) is 5.66. The highest BCUT2D eigenvalue weighted by Crippen LogP contribution is 2.10. The molecule has 0 radical (unpaired) electrons. The van der Waals surface area contributed by atoms with Crippen molar-refractivity contribution in [1.82, 2.24) is 0 Å². The molecule has 0 amide bonds. The van der Waals surface area contributed by atoms with Crippen LogP contribution in [0.2, 0.25) is 0 Å². The van der Waals surface area contributed by atoms with Gasteiger partial charge >= 0.3 is 0 Å². The molecule has 0 aliphatic carbocycles. The lowest BCUT2D eigenvalue weighted by atomic mass is 9.96. The van der Waals surface area contributed by atoms with Crippen LogP contribution in [0.25, 0.3) is 0 Å². The Morgan fingerprint density at radius 2 is 1.00 bits per heavy atom. The number of nitrogens with one attached hydrogen (secondary N) is 1. The van der Waals surface area contributed by atoms with E-state index in [-0.39, 0.29) is 11.3 Å². The highest BCUT2D eigenvalue weighted by molar-refractivity contribution is 5.82. The smallest absolute Gasteiger partial charge is 0.0960 e. The van der Waals surface area contributed by atoms with Crippen LogP contribution in [0.4, 0.5) is 0 Å². The molecule has 0 aromatic carbocycles. The molecule has 0 atom stereocenters. The van der Waals surface area contributed by atoms with Crippen molar-refractivity contribution in [2.45, 2.75) is 48.5 Å². The standard InChI is InChI=1S/C5H12N2.C5H12/c1-5(2,3)4(6)7;1-5(2,3)4/h1-3H3,(H3,6,7);1-4H3. The molecular formula is C10H24N2. The van der Waals surface area contributed by atoms with E-state index in [0.29, 0.717) is 5.41 Å². The fourth-order valence-electron chi connectivity index (χ4n) is 0. The van der Waals surface area contributed by atoms with E-state index in [1.54, 1.807) is 0 Å². The summed E-state index contributed by atoms with van der Waals surface area (Å²) in [5.74, 6) is 0.243. The van der Waals surface area contributed by atoms with E-state index in [1.807, 2.05) is 20.8 Å². The molecule has 0 unspecified atom stereocenters. The van der Waals surface area contributed by atoms with E-state index >= 15 is 0 Å². The summed E-state index contributed by atoms with van der Waals surface area (Å²) in [5, 5.41) is 6.92. The molecule has 0 heterocycles. The largest absolute Gasteiger partial charge is 0.387 e. The quantitative estimate of drug-likeness (QED) is 0.428. The Morgan fingerprint density at radius 3 is 1.00 bits per heavy atom. The Morgan fingerprint density at radius 1 is 0.917 bits per heavy atom. The average molecular weight is 172 g/mol. The minimum absolute atomic E-state index is 0.139. The van der Waals surface area contributed by atoms with Crippen molar-refractivity contribution in [3.8, 4) is 0 Å². The fourth-order valence-corrected chi connectivity index (χ4v) is 0. The zero-order valence-corrected chi connectivity index (χ0v) is 9.58. The number of hydrogen-bond acceptors (Lipinski definition) is 1. The van der Waals surface area contributed by atoms with Gasteiger partial charge < -0.3 is 5.73 Å². The van der Waals surface area contributed by atoms with Crippen molar-refractivity contribution in [2.75, 3.05) is 0 Å². The molecule has 0 aromatic rings. The van der Waals surface area contributed by atoms with Crippen LogP contribution in [0.1, 0.15) is 48.5 Å². The lowest BCUT2D eigenvalue weighted by Gasteiger charge is -2.14. The average Bonchev–Trinajstić information content (AvgIpc) is 1.55. The molecule has 0 saturated heterocycles. The lowest BCUT2D eigenvalue weighted by molar-refractivity contribution is 0.469. The minimum atomic E-state index is -0.139. The first kappa shape index (κ1) is 14.0. The van der Waals surface area contributed by atoms with Crippen LogP contribution in [0, 0.1) is 16.2 Å². The van der Waals surface area contributed by atoms with Crippen molar-refractivity contribution in [2.24, 2.45) is 16.6 Å². The Labute approximate surface area is 77.1 Å². The second-order valence-electron chi connectivity index (χ2n) is 5.66. The highest BCUT2D eigenvalue weighted by atomic mass is 14.7. The van der Waals surface area contributed by atoms with Gasteiger partial charge in [-0.3, -0.25) is 5.41 Å². The van der Waals surface area contributed by atoms with Crippen molar-refractivity contribution >= 4 is 5.84 Å². The molecular weight excluding hydrogens is 148 g/mol. The summed E-state index contributed by atoms with van der Waals surface area (Å²) in [4.78, 5) is 0. The maximum absolute atomic E-state index is 6.92. The Bertz CT molecular complexity index is 129. The molecule has 74 valence electrons. The maximum Gasteiger partial charge on any atom is 0.0960 e. The van der Waals surface area contributed by atoms with Crippen LogP contribution in [0.5, 0.6) is 0 Å². The van der Waals surface area contributed by atoms with Crippen LogP contribution in [0.3, 0.4) is 0 Å². The fraction of sp³-hybridized carbons (Fsp3) is 0.900. The zero-order chi connectivity index (χ0) is 10.6. The van der Waals surface area contributed by atoms with Gasteiger partial charge in [0.05, 0.1) is 5.84 Å². The number of hydrogen-bond donors (Lipinski definition) is 2. The molecule has 0 saturated carbocycles. The van der Waals surface area contributed by atoms with Crippen molar-refractivity contribution < 1.29 is 0 Å². The molecule has 0 rings (SSSR count). The van der Waals surface area contributed by atoms with E-state index in [4.69, 9.17) is 11.1 Å². The molecule has 0 fully saturated rings. The van der Waals surface area contributed by atoms with Crippen LogP contribution >= 0.6 is 0 Å². The van der Waals surface area contributed by atoms with Gasteiger partial charge in [0.15, 0.2) is 0 Å². The maximum atomic E-state index is 6.92. The number of nitrogens with two attached hydrogens (primary N) is 1. The third-order valence-electron chi connectivity index (χ3n) is 0.808. The van der Waals surface area contributed by atoms with Gasteiger partial charge in [0, 0.05) is 5.41 Å². The van der Waals surface area contributed by atoms with Gasteiger partial charge in [-0.25, -0.2) is 0 Å². The van der Waals surface area contributed by atoms with Gasteiger partial charge in [0.1, 0.15) is 0 Å². The van der Waals surface area contributed by atoms with E-state index in [2.05, 4.69) is 27.7 Å². The van der Waals surface area contributed by atoms with Gasteiger partial charge in [0.2, 0.25) is 0 Å². The summed E-state index contributed by atoms with van der Waals surface area (Å²) in [7, 11) is 0. The molecule has 2 nitrogen and oxygen atoms in total. The van der Waals surface area contributed by atoms with E-state index < -0.39 is 0 Å². The first-order chi connectivity index (χ1) is 4.94. The van der Waals surface area contributed by atoms with E-state index in [9.17, 15) is 0 Å². The minimum Gasteiger partial charge on any atom is -0.387 e. The molecule has 2 heteroatoms. The number of amidine groups is 1. The topological polar surface area (TPSA) is 49.9 Å². The molecule has 3 N–H and O–H groups in total. The molecule has 0 aliphatic heterocycles. The molecule has 0 bridgehead atoms. The first-order valence-corrected chi connectivity index (χ1v) is 4.29. The molecule has 0 aromatic heterocycles. The third kappa shape index (κ3) is 22.7. The monoisotopic (exact) mass is 172 g/mol. The third-order valence-corrected chi connectivity index (χ3v) is 0.808. The molecule has 0 aliphatic rings. The Kier molecular flexibility index (Phi) is 5.24. The second kappa shape index (κ2) is 4.48. The first-order valence-electron chi connectivity index (χ1n) is 4.29. The summed E-state index contributed by atoms with van der Waals surface area (Å²) < 4.78 is 0. The van der Waals surface area contributed by atoms with Crippen LogP contribution < -0.4 is 5.73 Å². The SMILES string of the molecule is CC(C)(C)C.CC(C)(C)C(=N)N. The molecule has 12 heavy (non-hydrogen) atoms. The summed E-state index contributed by atoms with van der Waals surface area (Å²) >= 11 is 0. The van der Waals surface area contributed by atoms with Crippen molar-refractivity contribution in [3.05, 3.63) is 0 Å². The van der Waals surface area contributed by atoms with E-state index in [0.717, 1.165) is 0 Å². The van der Waals surface area contributed by atoms with Crippen LogP contribution in [-0.2, 0) is 0 Å². The predicted molar refractivity (Wildman–Crippen MR) is 56.5 cm³/mol. The van der Waals surface area contributed by atoms with Crippen molar-refractivity contribution in [1.29, 1.82) is 5.41 Å². The predicted octanol–water partition coefficient (Wildman–Crippen LogP) is 3.02. The van der Waals surface area contributed by atoms with Gasteiger partial charge in [0.25, 0.3) is 0 Å². The van der Waals surface area contributed by atoms with Crippen LogP contribution in [-0.4, -0.2) is 5.84 Å². The van der Waals surface area contributed by atoms with Gasteiger partial charge in [-0.05, 0) is 5.41 Å².